The Bertz CT molecular complexity index is 1410. The number of piperidine rings is 2. The third-order valence-electron chi connectivity index (χ3n) is 8.91. The minimum absolute atomic E-state index is 0.0166. The number of benzene rings is 3. The second-order valence-corrected chi connectivity index (χ2v) is 12.2. The molecule has 1 spiro atoms. The first-order valence-electron chi connectivity index (χ1n) is 14.8. The monoisotopic (exact) mass is 585 g/mol. The van der Waals surface area contributed by atoms with Gasteiger partial charge in [0.1, 0.15) is 5.60 Å². The Morgan fingerprint density at radius 1 is 0.786 bits per heavy atom. The van der Waals surface area contributed by atoms with E-state index in [1.54, 1.807) is 4.90 Å². The topological polar surface area (TPSA) is 70.2 Å². The van der Waals surface area contributed by atoms with Gasteiger partial charge in [-0.1, -0.05) is 66.2 Å². The van der Waals surface area contributed by atoms with Crippen molar-refractivity contribution in [2.75, 3.05) is 32.7 Å². The van der Waals surface area contributed by atoms with Crippen LogP contribution in [0.4, 0.5) is 4.79 Å². The number of likely N-dealkylation sites (tertiary alicyclic amines) is 2. The lowest BCUT2D eigenvalue weighted by Crippen LogP contribution is -2.46. The third kappa shape index (κ3) is 6.37. The van der Waals surface area contributed by atoms with Gasteiger partial charge in [0.15, 0.2) is 5.78 Å². The fraction of sp³-hybridized carbons (Fsp3) is 0.382. The van der Waals surface area contributed by atoms with Gasteiger partial charge in [-0.15, -0.1) is 0 Å². The summed E-state index contributed by atoms with van der Waals surface area (Å²) in [5.74, 6) is 0.105. The fourth-order valence-electron chi connectivity index (χ4n) is 6.38. The quantitative estimate of drug-likeness (QED) is 0.315. The van der Waals surface area contributed by atoms with E-state index in [1.807, 2.05) is 71.6 Å². The van der Waals surface area contributed by atoms with Crippen molar-refractivity contribution in [3.05, 3.63) is 106 Å². The Kier molecular flexibility index (Phi) is 8.31. The van der Waals surface area contributed by atoms with Crippen LogP contribution in [-0.2, 0) is 17.8 Å². The number of nitrogens with zero attached hydrogens (tertiary/aromatic N) is 3. The number of halogens is 1. The lowest BCUT2D eigenvalue weighted by molar-refractivity contribution is -0.00126. The number of rotatable bonds is 7. The standard InChI is InChI=1S/C34H36ClN3O4/c35-30-12-8-25(9-13-30)22-36-20-16-34(17-21-36)24-38(33(41)42-34)23-26-6-10-29(11-7-26)32(40)37-18-14-28(15-19-37)31(39)27-4-2-1-3-5-27/h1-13,28H,14-24H2. The number of hydrogen-bond donors (Lipinski definition) is 0. The molecule has 3 aromatic rings. The predicted octanol–water partition coefficient (Wildman–Crippen LogP) is 6.06. The maximum atomic E-state index is 13.2. The van der Waals surface area contributed by atoms with Crippen molar-refractivity contribution >= 4 is 29.4 Å². The SMILES string of the molecule is O=C(c1ccccc1)C1CCN(C(=O)c2ccc(CN3CC4(CCN(Cc5ccc(Cl)cc5)CC4)OC3=O)cc2)CC1. The van der Waals surface area contributed by atoms with E-state index >= 15 is 0 Å². The fourth-order valence-corrected chi connectivity index (χ4v) is 6.51. The molecule has 3 fully saturated rings. The van der Waals surface area contributed by atoms with Gasteiger partial charge in [-0.2, -0.15) is 0 Å². The molecule has 8 heteroatoms. The van der Waals surface area contributed by atoms with Crippen LogP contribution in [0.2, 0.25) is 5.02 Å². The lowest BCUT2D eigenvalue weighted by atomic mass is 9.88. The number of ether oxygens (including phenoxy) is 1. The smallest absolute Gasteiger partial charge is 0.410 e. The molecule has 3 aliphatic heterocycles. The zero-order valence-electron chi connectivity index (χ0n) is 23.7. The van der Waals surface area contributed by atoms with Crippen LogP contribution in [0.3, 0.4) is 0 Å². The van der Waals surface area contributed by atoms with E-state index in [1.165, 1.54) is 5.56 Å². The molecule has 3 heterocycles. The average molecular weight is 586 g/mol. The molecule has 218 valence electrons. The first kappa shape index (κ1) is 28.4. The number of hydrogen-bond acceptors (Lipinski definition) is 5. The highest BCUT2D eigenvalue weighted by Gasteiger charge is 2.46. The Labute approximate surface area is 252 Å². The summed E-state index contributed by atoms with van der Waals surface area (Å²) in [6.07, 6.45) is 2.70. The Balaban J connectivity index is 0.982. The van der Waals surface area contributed by atoms with Gasteiger partial charge in [0.05, 0.1) is 6.54 Å². The average Bonchev–Trinajstić information content (AvgIpc) is 3.33. The molecule has 0 saturated carbocycles. The summed E-state index contributed by atoms with van der Waals surface area (Å²) in [6.45, 7) is 4.79. The maximum absolute atomic E-state index is 13.2. The van der Waals surface area contributed by atoms with Crippen LogP contribution in [-0.4, -0.2) is 70.8 Å². The molecule has 0 atom stereocenters. The summed E-state index contributed by atoms with van der Waals surface area (Å²) in [6, 6.07) is 24.9. The van der Waals surface area contributed by atoms with E-state index in [4.69, 9.17) is 16.3 Å². The normalized spacial score (nSPS) is 19.2. The molecule has 7 nitrogen and oxygen atoms in total. The predicted molar refractivity (Wildman–Crippen MR) is 161 cm³/mol. The van der Waals surface area contributed by atoms with Crippen LogP contribution in [0, 0.1) is 5.92 Å². The first-order chi connectivity index (χ1) is 20.4. The van der Waals surface area contributed by atoms with Gasteiger partial charge in [-0.05, 0) is 48.2 Å². The molecule has 0 radical (unpaired) electrons. The van der Waals surface area contributed by atoms with Crippen molar-refractivity contribution in [2.45, 2.75) is 44.4 Å². The largest absolute Gasteiger partial charge is 0.441 e. The number of ketones is 1. The number of Topliss-reactive ketones (excluding diaryl/α,β-unsaturated/α-hetero) is 1. The number of amides is 2. The second-order valence-electron chi connectivity index (χ2n) is 11.8. The van der Waals surface area contributed by atoms with Crippen LogP contribution in [0.5, 0.6) is 0 Å². The molecule has 0 aromatic heterocycles. The highest BCUT2D eigenvalue weighted by Crippen LogP contribution is 2.34. The zero-order chi connectivity index (χ0) is 29.1. The summed E-state index contributed by atoms with van der Waals surface area (Å²) in [5, 5.41) is 0.740. The zero-order valence-corrected chi connectivity index (χ0v) is 24.5. The number of carbonyl (C=O) groups is 3. The molecule has 0 N–H and O–H groups in total. The van der Waals surface area contributed by atoms with Gasteiger partial charge in [-0.3, -0.25) is 19.4 Å². The Morgan fingerprint density at radius 3 is 2.07 bits per heavy atom. The molecule has 6 rings (SSSR count). The lowest BCUT2D eigenvalue weighted by Gasteiger charge is -2.37. The van der Waals surface area contributed by atoms with E-state index in [9.17, 15) is 14.4 Å². The molecule has 3 aliphatic rings. The molecule has 0 bridgehead atoms. The van der Waals surface area contributed by atoms with Crippen molar-refractivity contribution in [3.8, 4) is 0 Å². The van der Waals surface area contributed by atoms with Gasteiger partial charge < -0.3 is 9.64 Å². The van der Waals surface area contributed by atoms with E-state index in [2.05, 4.69) is 17.0 Å². The van der Waals surface area contributed by atoms with Crippen molar-refractivity contribution in [1.82, 2.24) is 14.7 Å². The summed E-state index contributed by atoms with van der Waals surface area (Å²) >= 11 is 6.01. The highest BCUT2D eigenvalue weighted by molar-refractivity contribution is 6.30. The molecule has 0 unspecified atom stereocenters. The van der Waals surface area contributed by atoms with Crippen LogP contribution in [0.25, 0.3) is 0 Å². The third-order valence-corrected chi connectivity index (χ3v) is 9.17. The summed E-state index contributed by atoms with van der Waals surface area (Å²) in [7, 11) is 0. The van der Waals surface area contributed by atoms with Crippen LogP contribution in [0.15, 0.2) is 78.9 Å². The van der Waals surface area contributed by atoms with E-state index in [0.29, 0.717) is 44.6 Å². The minimum Gasteiger partial charge on any atom is -0.441 e. The van der Waals surface area contributed by atoms with Crippen molar-refractivity contribution in [3.63, 3.8) is 0 Å². The summed E-state index contributed by atoms with van der Waals surface area (Å²) in [4.78, 5) is 44.8. The Morgan fingerprint density at radius 2 is 1.40 bits per heavy atom. The maximum Gasteiger partial charge on any atom is 0.410 e. The Hall–Kier alpha value is -3.68. The van der Waals surface area contributed by atoms with Crippen LogP contribution >= 0.6 is 11.6 Å². The van der Waals surface area contributed by atoms with Gasteiger partial charge in [0, 0.05) is 74.2 Å². The van der Waals surface area contributed by atoms with Crippen LogP contribution in [0.1, 0.15) is 57.5 Å². The summed E-state index contributed by atoms with van der Waals surface area (Å²) < 4.78 is 5.94. The van der Waals surface area contributed by atoms with Gasteiger partial charge in [0.25, 0.3) is 5.91 Å². The number of carbonyl (C=O) groups excluding carboxylic acids is 3. The molecular formula is C34H36ClN3O4. The van der Waals surface area contributed by atoms with Gasteiger partial charge in [-0.25, -0.2) is 4.79 Å². The van der Waals surface area contributed by atoms with Gasteiger partial charge in [0.2, 0.25) is 0 Å². The molecule has 42 heavy (non-hydrogen) atoms. The minimum atomic E-state index is -0.433. The molecule has 3 saturated heterocycles. The highest BCUT2D eigenvalue weighted by atomic mass is 35.5. The molecule has 3 aromatic carbocycles. The molecule has 2 amide bonds. The first-order valence-corrected chi connectivity index (χ1v) is 15.2. The van der Waals surface area contributed by atoms with E-state index in [-0.39, 0.29) is 23.7 Å². The van der Waals surface area contributed by atoms with E-state index < -0.39 is 5.60 Å². The van der Waals surface area contributed by atoms with Crippen molar-refractivity contribution in [2.24, 2.45) is 5.92 Å². The molecule has 0 aliphatic carbocycles. The van der Waals surface area contributed by atoms with Gasteiger partial charge >= 0.3 is 6.09 Å². The second kappa shape index (κ2) is 12.3. The summed E-state index contributed by atoms with van der Waals surface area (Å²) in [5.41, 5.74) is 3.13. The van der Waals surface area contributed by atoms with Crippen molar-refractivity contribution in [1.29, 1.82) is 0 Å². The molecular weight excluding hydrogens is 550 g/mol. The van der Waals surface area contributed by atoms with E-state index in [0.717, 1.165) is 48.6 Å². The van der Waals surface area contributed by atoms with Crippen LogP contribution < -0.4 is 0 Å². The van der Waals surface area contributed by atoms with Crippen molar-refractivity contribution < 1.29 is 19.1 Å².